The molecule has 2 saturated heterocycles. The Hall–Kier alpha value is -1.78. The minimum absolute atomic E-state index is 0.204. The number of para-hydroxylation sites is 1. The van der Waals surface area contributed by atoms with Crippen molar-refractivity contribution >= 4 is 17.3 Å². The van der Waals surface area contributed by atoms with E-state index in [4.69, 9.17) is 5.73 Å². The van der Waals surface area contributed by atoms with E-state index in [0.717, 1.165) is 25.2 Å². The van der Waals surface area contributed by atoms with Crippen molar-refractivity contribution in [3.63, 3.8) is 0 Å². The molecule has 1 amide bonds. The van der Waals surface area contributed by atoms with Gasteiger partial charge in [0.1, 0.15) is 5.82 Å². The number of carbonyl (C=O) groups excluding carboxylic acids is 1. The van der Waals surface area contributed by atoms with Gasteiger partial charge in [-0.25, -0.2) is 4.39 Å². The van der Waals surface area contributed by atoms with E-state index in [-0.39, 0.29) is 23.5 Å². The summed E-state index contributed by atoms with van der Waals surface area (Å²) in [5, 5.41) is 0. The second kappa shape index (κ2) is 4.15. The molecule has 96 valence electrons. The van der Waals surface area contributed by atoms with Crippen molar-refractivity contribution in [1.29, 1.82) is 0 Å². The molecule has 18 heavy (non-hydrogen) atoms. The molecule has 0 bridgehead atoms. The average molecular weight is 249 g/mol. The van der Waals surface area contributed by atoms with E-state index in [1.807, 2.05) is 11.0 Å². The van der Waals surface area contributed by atoms with Crippen LogP contribution in [0.4, 0.5) is 15.8 Å². The molecule has 2 aliphatic rings. The Morgan fingerprint density at radius 3 is 3.00 bits per heavy atom. The zero-order chi connectivity index (χ0) is 12.7. The lowest BCUT2D eigenvalue weighted by molar-refractivity contribution is -0.129. The summed E-state index contributed by atoms with van der Waals surface area (Å²) >= 11 is 0. The van der Waals surface area contributed by atoms with Gasteiger partial charge in [-0.05, 0) is 18.6 Å². The molecule has 2 N–H and O–H groups in total. The summed E-state index contributed by atoms with van der Waals surface area (Å²) in [5.74, 6) is -0.135. The van der Waals surface area contributed by atoms with Gasteiger partial charge in [0, 0.05) is 32.1 Å². The Balaban J connectivity index is 1.83. The van der Waals surface area contributed by atoms with Crippen LogP contribution >= 0.6 is 0 Å². The van der Waals surface area contributed by atoms with Crippen LogP contribution in [-0.2, 0) is 4.79 Å². The molecule has 1 atom stereocenters. The Kier molecular flexibility index (Phi) is 2.61. The molecule has 4 nitrogen and oxygen atoms in total. The molecular formula is C13H16FN3O. The van der Waals surface area contributed by atoms with Crippen LogP contribution in [0.3, 0.4) is 0 Å². The van der Waals surface area contributed by atoms with Gasteiger partial charge in [0.15, 0.2) is 0 Å². The average Bonchev–Trinajstić information content (AvgIpc) is 2.74. The quantitative estimate of drug-likeness (QED) is 0.761. The fraction of sp³-hybridized carbons (Fsp3) is 0.462. The van der Waals surface area contributed by atoms with E-state index in [1.54, 1.807) is 6.07 Å². The summed E-state index contributed by atoms with van der Waals surface area (Å²) in [6.45, 7) is 2.18. The van der Waals surface area contributed by atoms with Crippen molar-refractivity contribution in [2.24, 2.45) is 0 Å². The van der Waals surface area contributed by atoms with Gasteiger partial charge >= 0.3 is 0 Å². The van der Waals surface area contributed by atoms with Crippen LogP contribution in [0.5, 0.6) is 0 Å². The number of piperazine rings is 1. The first-order valence-electron chi connectivity index (χ1n) is 6.25. The monoisotopic (exact) mass is 249 g/mol. The van der Waals surface area contributed by atoms with Crippen LogP contribution in [0.1, 0.15) is 12.8 Å². The van der Waals surface area contributed by atoms with Gasteiger partial charge in [-0.3, -0.25) is 4.79 Å². The van der Waals surface area contributed by atoms with Crippen LogP contribution in [0, 0.1) is 5.82 Å². The third-order valence-corrected chi connectivity index (χ3v) is 3.87. The molecule has 2 aliphatic heterocycles. The maximum atomic E-state index is 13.4. The molecule has 3 rings (SSSR count). The molecule has 0 saturated carbocycles. The first kappa shape index (κ1) is 11.3. The van der Waals surface area contributed by atoms with Crippen LogP contribution in [0.15, 0.2) is 18.2 Å². The number of fused-ring (bicyclic) bond motifs is 1. The second-order valence-electron chi connectivity index (χ2n) is 4.90. The van der Waals surface area contributed by atoms with Crippen LogP contribution in [0.2, 0.25) is 0 Å². The molecule has 0 radical (unpaired) electrons. The third-order valence-electron chi connectivity index (χ3n) is 3.87. The largest absolute Gasteiger partial charge is 0.395 e. The summed E-state index contributed by atoms with van der Waals surface area (Å²) in [5.41, 5.74) is 6.73. The molecular weight excluding hydrogens is 233 g/mol. The Morgan fingerprint density at radius 1 is 1.33 bits per heavy atom. The van der Waals surface area contributed by atoms with Crippen molar-refractivity contribution in [3.05, 3.63) is 24.0 Å². The summed E-state index contributed by atoms with van der Waals surface area (Å²) < 4.78 is 13.4. The predicted octanol–water partition coefficient (Wildman–Crippen LogP) is 1.22. The molecule has 1 aromatic rings. The Labute approximate surface area is 105 Å². The number of hydrogen-bond acceptors (Lipinski definition) is 3. The zero-order valence-corrected chi connectivity index (χ0v) is 10.1. The highest BCUT2D eigenvalue weighted by atomic mass is 19.1. The molecule has 0 aromatic heterocycles. The van der Waals surface area contributed by atoms with Crippen molar-refractivity contribution in [1.82, 2.24) is 4.90 Å². The Bertz CT molecular complexity index is 491. The van der Waals surface area contributed by atoms with Crippen molar-refractivity contribution in [2.45, 2.75) is 18.9 Å². The lowest BCUT2D eigenvalue weighted by Crippen LogP contribution is -2.51. The number of anilines is 2. The number of benzene rings is 1. The number of rotatable bonds is 1. The lowest BCUT2D eigenvalue weighted by Gasteiger charge is -2.39. The highest BCUT2D eigenvalue weighted by Gasteiger charge is 2.35. The van der Waals surface area contributed by atoms with E-state index in [2.05, 4.69) is 4.90 Å². The summed E-state index contributed by atoms with van der Waals surface area (Å²) in [6, 6.07) is 5.14. The van der Waals surface area contributed by atoms with Crippen LogP contribution in [0.25, 0.3) is 0 Å². The standard InChI is InChI=1S/C13H16FN3O/c14-10-2-1-3-11(13(10)15)16-6-7-17-9(8-16)4-5-12(17)18/h1-3,9H,4-8,15H2. The minimum atomic E-state index is -0.377. The number of nitrogens with zero attached hydrogens (tertiary/aromatic N) is 2. The molecule has 1 unspecified atom stereocenters. The molecule has 0 spiro atoms. The van der Waals surface area contributed by atoms with Crippen molar-refractivity contribution in [3.8, 4) is 0 Å². The van der Waals surface area contributed by atoms with E-state index >= 15 is 0 Å². The van der Waals surface area contributed by atoms with Crippen molar-refractivity contribution < 1.29 is 9.18 Å². The van der Waals surface area contributed by atoms with Gasteiger partial charge in [0.2, 0.25) is 5.91 Å². The first-order chi connectivity index (χ1) is 8.66. The van der Waals surface area contributed by atoms with Gasteiger partial charge in [-0.1, -0.05) is 6.07 Å². The van der Waals surface area contributed by atoms with Gasteiger partial charge in [0.25, 0.3) is 0 Å². The van der Waals surface area contributed by atoms with E-state index in [1.165, 1.54) is 6.07 Å². The van der Waals surface area contributed by atoms with Gasteiger partial charge < -0.3 is 15.5 Å². The van der Waals surface area contributed by atoms with Crippen molar-refractivity contribution in [2.75, 3.05) is 30.3 Å². The van der Waals surface area contributed by atoms with Crippen LogP contribution in [-0.4, -0.2) is 36.5 Å². The summed E-state index contributed by atoms with van der Waals surface area (Å²) in [7, 11) is 0. The minimum Gasteiger partial charge on any atom is -0.395 e. The maximum absolute atomic E-state index is 13.4. The highest BCUT2D eigenvalue weighted by molar-refractivity contribution is 5.79. The summed E-state index contributed by atoms with van der Waals surface area (Å²) in [6.07, 6.45) is 1.53. The number of hydrogen-bond donors (Lipinski definition) is 1. The van der Waals surface area contributed by atoms with Gasteiger partial charge in [-0.15, -0.1) is 0 Å². The molecule has 2 fully saturated rings. The van der Waals surface area contributed by atoms with Gasteiger partial charge in [0.05, 0.1) is 11.4 Å². The van der Waals surface area contributed by atoms with E-state index in [9.17, 15) is 9.18 Å². The zero-order valence-electron chi connectivity index (χ0n) is 10.1. The molecule has 2 heterocycles. The van der Waals surface area contributed by atoms with E-state index < -0.39 is 0 Å². The number of halogens is 1. The SMILES string of the molecule is Nc1c(F)cccc1N1CCN2C(=O)CCC2C1. The summed E-state index contributed by atoms with van der Waals surface area (Å²) in [4.78, 5) is 15.6. The predicted molar refractivity (Wildman–Crippen MR) is 67.8 cm³/mol. The number of nitrogens with two attached hydrogens (primary N) is 1. The maximum Gasteiger partial charge on any atom is 0.223 e. The Morgan fingerprint density at radius 2 is 2.17 bits per heavy atom. The number of carbonyl (C=O) groups is 1. The third kappa shape index (κ3) is 1.70. The fourth-order valence-corrected chi connectivity index (χ4v) is 2.88. The van der Waals surface area contributed by atoms with Gasteiger partial charge in [-0.2, -0.15) is 0 Å². The number of amides is 1. The highest BCUT2D eigenvalue weighted by Crippen LogP contribution is 2.30. The fourth-order valence-electron chi connectivity index (χ4n) is 2.88. The lowest BCUT2D eigenvalue weighted by atomic mass is 10.1. The topological polar surface area (TPSA) is 49.6 Å². The number of nitrogen functional groups attached to an aromatic ring is 1. The van der Waals surface area contributed by atoms with Crippen LogP contribution < -0.4 is 10.6 Å². The smallest absolute Gasteiger partial charge is 0.223 e. The second-order valence-corrected chi connectivity index (χ2v) is 4.90. The normalized spacial score (nSPS) is 23.4. The molecule has 0 aliphatic carbocycles. The first-order valence-corrected chi connectivity index (χ1v) is 6.25. The van der Waals surface area contributed by atoms with E-state index in [0.29, 0.717) is 13.0 Å². The molecule has 1 aromatic carbocycles. The molecule has 5 heteroatoms.